The molecule has 0 unspecified atom stereocenters. The molecule has 8 heteroatoms. The fraction of sp³-hybridized carbons (Fsp3) is 0.650. The molecule has 4 aliphatic rings. The zero-order valence-corrected chi connectivity index (χ0v) is 17.4. The Morgan fingerprint density at radius 3 is 2.32 bits per heavy atom. The van der Waals surface area contributed by atoms with Crippen LogP contribution in [0, 0.1) is 29.0 Å². The first-order valence-corrected chi connectivity index (χ1v) is 11.8. The number of Topliss-reactive ketones (excluding diaryl/α,β-unsaturated/α-hetero) is 1. The van der Waals surface area contributed by atoms with Crippen LogP contribution >= 0.6 is 11.6 Å². The zero-order chi connectivity index (χ0) is 20.1. The van der Waals surface area contributed by atoms with Gasteiger partial charge >= 0.3 is 0 Å². The summed E-state index contributed by atoms with van der Waals surface area (Å²) in [6.45, 7) is 0.511. The number of nitrogens with one attached hydrogen (secondary N) is 1. The third-order valence-corrected chi connectivity index (χ3v) is 8.21. The molecule has 1 aromatic carbocycles. The molecule has 4 aliphatic carbocycles. The largest absolute Gasteiger partial charge is 0.491 e. The molecule has 4 saturated carbocycles. The quantitative estimate of drug-likeness (QED) is 0.669. The van der Waals surface area contributed by atoms with Crippen molar-refractivity contribution >= 4 is 27.4 Å². The van der Waals surface area contributed by atoms with E-state index in [2.05, 4.69) is 0 Å². The number of benzene rings is 1. The van der Waals surface area contributed by atoms with E-state index < -0.39 is 27.4 Å². The van der Waals surface area contributed by atoms with Crippen LogP contribution in [-0.2, 0) is 10.0 Å². The van der Waals surface area contributed by atoms with Crippen molar-refractivity contribution in [1.82, 2.24) is 4.72 Å². The van der Waals surface area contributed by atoms with Gasteiger partial charge in [0.05, 0.1) is 17.2 Å². The van der Waals surface area contributed by atoms with Gasteiger partial charge in [0.25, 0.3) is 0 Å². The Labute approximate surface area is 170 Å². The Kier molecular flexibility index (Phi) is 5.21. The van der Waals surface area contributed by atoms with Gasteiger partial charge in [-0.3, -0.25) is 4.79 Å². The van der Waals surface area contributed by atoms with E-state index >= 15 is 0 Å². The average molecular weight is 430 g/mol. The molecule has 0 saturated heterocycles. The topological polar surface area (TPSA) is 72.5 Å². The Balaban J connectivity index is 1.47. The molecule has 0 radical (unpaired) electrons. The molecule has 28 heavy (non-hydrogen) atoms. The summed E-state index contributed by atoms with van der Waals surface area (Å²) < 4.78 is 45.5. The zero-order valence-electron chi connectivity index (χ0n) is 15.8. The van der Waals surface area contributed by atoms with Crippen LogP contribution in [0.3, 0.4) is 0 Å². The monoisotopic (exact) mass is 429 g/mol. The lowest BCUT2D eigenvalue weighted by Gasteiger charge is -2.56. The number of carbonyl (C=O) groups is 1. The molecular weight excluding hydrogens is 405 g/mol. The van der Waals surface area contributed by atoms with Gasteiger partial charge in [-0.25, -0.2) is 17.5 Å². The minimum atomic E-state index is -3.78. The van der Waals surface area contributed by atoms with Gasteiger partial charge in [0.15, 0.2) is 5.78 Å². The summed E-state index contributed by atoms with van der Waals surface area (Å²) in [5, 5.41) is 0.122. The van der Waals surface area contributed by atoms with E-state index in [9.17, 15) is 17.6 Å². The molecular formula is C20H25ClFNO4S. The second kappa shape index (κ2) is 7.26. The number of hydrogen-bond acceptors (Lipinski definition) is 4. The summed E-state index contributed by atoms with van der Waals surface area (Å²) in [4.78, 5) is 12.1. The molecule has 4 bridgehead atoms. The van der Waals surface area contributed by atoms with Crippen molar-refractivity contribution in [2.45, 2.75) is 38.5 Å². The van der Waals surface area contributed by atoms with E-state index in [4.69, 9.17) is 16.3 Å². The summed E-state index contributed by atoms with van der Waals surface area (Å²) in [6, 6.07) is 2.27. The van der Waals surface area contributed by atoms with Crippen molar-refractivity contribution < 1.29 is 22.3 Å². The Bertz CT molecular complexity index is 866. The van der Waals surface area contributed by atoms with Gasteiger partial charge in [-0.1, -0.05) is 11.6 Å². The highest BCUT2D eigenvalue weighted by molar-refractivity contribution is 7.90. The highest BCUT2D eigenvalue weighted by Gasteiger charge is 2.51. The second-order valence-corrected chi connectivity index (χ2v) is 11.2. The van der Waals surface area contributed by atoms with Crippen molar-refractivity contribution in [3.63, 3.8) is 0 Å². The summed E-state index contributed by atoms with van der Waals surface area (Å²) in [6.07, 6.45) is 7.50. The Morgan fingerprint density at radius 1 is 1.21 bits per heavy atom. The van der Waals surface area contributed by atoms with Crippen LogP contribution in [-0.4, -0.2) is 33.6 Å². The van der Waals surface area contributed by atoms with Crippen LogP contribution in [0.15, 0.2) is 12.1 Å². The Morgan fingerprint density at radius 2 is 1.79 bits per heavy atom. The third kappa shape index (κ3) is 3.94. The smallest absolute Gasteiger partial charge is 0.218 e. The van der Waals surface area contributed by atoms with Gasteiger partial charge < -0.3 is 4.74 Å². The summed E-state index contributed by atoms with van der Waals surface area (Å²) in [5.74, 6) is 0.0820. The van der Waals surface area contributed by atoms with E-state index in [0.29, 0.717) is 6.61 Å². The van der Waals surface area contributed by atoms with E-state index in [1.807, 2.05) is 4.72 Å². The fourth-order valence-corrected chi connectivity index (χ4v) is 6.74. The van der Waals surface area contributed by atoms with Gasteiger partial charge in [0, 0.05) is 11.5 Å². The van der Waals surface area contributed by atoms with Gasteiger partial charge in [0.2, 0.25) is 10.0 Å². The fourth-order valence-electron chi connectivity index (χ4n) is 5.87. The SMILES string of the molecule is CNS(=O)(=O)CC(=O)c1cc(Cl)c(OCC23CC4CC(CC(C4)C2)C3)cc1F. The number of sulfonamides is 1. The minimum absolute atomic E-state index is 0.122. The molecule has 0 aliphatic heterocycles. The molecule has 0 amide bonds. The van der Waals surface area contributed by atoms with Gasteiger partial charge in [-0.05, 0) is 69.4 Å². The molecule has 0 spiro atoms. The lowest BCUT2D eigenvalue weighted by molar-refractivity contribution is -0.0745. The van der Waals surface area contributed by atoms with Crippen LogP contribution in [0.4, 0.5) is 4.39 Å². The van der Waals surface area contributed by atoms with Crippen molar-refractivity contribution in [2.75, 3.05) is 19.4 Å². The molecule has 0 atom stereocenters. The summed E-state index contributed by atoms with van der Waals surface area (Å²) >= 11 is 6.23. The normalized spacial score (nSPS) is 31.2. The van der Waals surface area contributed by atoms with Crippen molar-refractivity contribution in [3.8, 4) is 5.75 Å². The average Bonchev–Trinajstić information content (AvgIpc) is 2.60. The maximum absolute atomic E-state index is 14.5. The van der Waals surface area contributed by atoms with Gasteiger partial charge in [0.1, 0.15) is 17.3 Å². The molecule has 0 heterocycles. The number of ether oxygens (including phenoxy) is 1. The molecule has 5 nitrogen and oxygen atoms in total. The number of carbonyl (C=O) groups excluding carboxylic acids is 1. The summed E-state index contributed by atoms with van der Waals surface area (Å²) in [7, 11) is -2.58. The standard InChI is InChI=1S/C20H25ClFNO4S/c1-23-28(25,26)10-18(24)15-5-16(21)19(6-17(15)22)27-11-20-7-12-2-13(8-20)4-14(3-12)9-20/h5-6,12-14,23H,2-4,7-11H2,1H3. The maximum Gasteiger partial charge on any atom is 0.218 e. The van der Waals surface area contributed by atoms with Crippen LogP contribution in [0.25, 0.3) is 0 Å². The first-order chi connectivity index (χ1) is 13.2. The predicted molar refractivity (Wildman–Crippen MR) is 105 cm³/mol. The number of hydrogen-bond donors (Lipinski definition) is 1. The van der Waals surface area contributed by atoms with Crippen molar-refractivity contribution in [1.29, 1.82) is 0 Å². The lowest BCUT2D eigenvalue weighted by atomic mass is 9.50. The van der Waals surface area contributed by atoms with E-state index in [0.717, 1.165) is 23.8 Å². The molecule has 5 rings (SSSR count). The van der Waals surface area contributed by atoms with E-state index in [-0.39, 0.29) is 21.8 Å². The molecule has 1 N–H and O–H groups in total. The number of halogens is 2. The lowest BCUT2D eigenvalue weighted by Crippen LogP contribution is -2.48. The predicted octanol–water partition coefficient (Wildman–Crippen LogP) is 3.81. The number of rotatable bonds is 7. The Hall–Kier alpha value is -1.18. The van der Waals surface area contributed by atoms with Gasteiger partial charge in [-0.2, -0.15) is 0 Å². The maximum atomic E-state index is 14.5. The third-order valence-electron chi connectivity index (χ3n) is 6.65. The molecule has 0 aromatic heterocycles. The first-order valence-electron chi connectivity index (χ1n) is 9.75. The minimum Gasteiger partial charge on any atom is -0.491 e. The molecule has 4 fully saturated rings. The van der Waals surface area contributed by atoms with Gasteiger partial charge in [-0.15, -0.1) is 0 Å². The van der Waals surface area contributed by atoms with Crippen molar-refractivity contribution in [2.24, 2.45) is 23.2 Å². The highest BCUT2D eigenvalue weighted by Crippen LogP contribution is 2.60. The highest BCUT2D eigenvalue weighted by atomic mass is 35.5. The first kappa shape index (κ1) is 20.1. The van der Waals surface area contributed by atoms with E-state index in [1.165, 1.54) is 51.6 Å². The summed E-state index contributed by atoms with van der Waals surface area (Å²) in [5.41, 5.74) is -0.185. The van der Waals surface area contributed by atoms with Crippen LogP contribution in [0.1, 0.15) is 48.9 Å². The van der Waals surface area contributed by atoms with Crippen molar-refractivity contribution in [3.05, 3.63) is 28.5 Å². The van der Waals surface area contributed by atoms with Crippen LogP contribution < -0.4 is 9.46 Å². The second-order valence-electron chi connectivity index (χ2n) is 8.86. The van der Waals surface area contributed by atoms with Crippen LogP contribution in [0.5, 0.6) is 5.75 Å². The number of ketones is 1. The molecule has 1 aromatic rings. The van der Waals surface area contributed by atoms with E-state index in [1.54, 1.807) is 0 Å². The van der Waals surface area contributed by atoms with Crippen LogP contribution in [0.2, 0.25) is 5.02 Å². The molecule has 154 valence electrons.